The molecule has 2 atom stereocenters. The Morgan fingerprint density at radius 2 is 1.10 bits per heavy atom. The Morgan fingerprint density at radius 1 is 0.850 bits per heavy atom. The molecule has 0 aliphatic carbocycles. The van der Waals surface area contributed by atoms with E-state index in [0.717, 1.165) is 38.2 Å². The smallest absolute Gasteiger partial charge is 0.295 e. The molecule has 0 aliphatic heterocycles. The summed E-state index contributed by atoms with van der Waals surface area (Å²) in [5.74, 6) is -0.946. The molecule has 110 valence electrons. The van der Waals surface area contributed by atoms with Crippen LogP contribution in [-0.4, -0.2) is 32.5 Å². The van der Waals surface area contributed by atoms with E-state index in [1.807, 2.05) is 0 Å². The van der Waals surface area contributed by atoms with Crippen LogP contribution in [-0.2, 0) is 9.59 Å². The van der Waals surface area contributed by atoms with Gasteiger partial charge in [0.2, 0.25) is 0 Å². The molecule has 0 saturated carbocycles. The summed E-state index contributed by atoms with van der Waals surface area (Å²) in [6.45, 7) is 4.40. The fraction of sp³-hybridized carbons (Fsp3) is 0.500. The Morgan fingerprint density at radius 3 is 1.25 bits per heavy atom. The molecule has 0 aliphatic rings. The van der Waals surface area contributed by atoms with Gasteiger partial charge in [0.05, 0.1) is 0 Å². The topological polar surface area (TPSA) is 120 Å². The standard InChI is InChI=1S/C12H16N2O6/c1-9(15)5-7-11(3,13(17)18)12(4,14(19)20)8-6-10(2)16/h5-8H,1-4H3/b7-5+,8-6+. The van der Waals surface area contributed by atoms with Crippen molar-refractivity contribution in [2.24, 2.45) is 0 Å². The van der Waals surface area contributed by atoms with Crippen LogP contribution < -0.4 is 0 Å². The first-order valence-electron chi connectivity index (χ1n) is 5.66. The third-order valence-corrected chi connectivity index (χ3v) is 3.07. The summed E-state index contributed by atoms with van der Waals surface area (Å²) in [5, 5.41) is 22.5. The van der Waals surface area contributed by atoms with Crippen LogP contribution in [0.4, 0.5) is 0 Å². The monoisotopic (exact) mass is 284 g/mol. The van der Waals surface area contributed by atoms with Crippen molar-refractivity contribution in [3.8, 4) is 0 Å². The average molecular weight is 284 g/mol. The van der Waals surface area contributed by atoms with Crippen molar-refractivity contribution in [1.29, 1.82) is 0 Å². The molecule has 0 aromatic carbocycles. The highest BCUT2D eigenvalue weighted by Gasteiger charge is 2.61. The van der Waals surface area contributed by atoms with Gasteiger partial charge in [-0.2, -0.15) is 0 Å². The second kappa shape index (κ2) is 6.18. The van der Waals surface area contributed by atoms with Crippen LogP contribution in [0.5, 0.6) is 0 Å². The van der Waals surface area contributed by atoms with Crippen molar-refractivity contribution in [2.75, 3.05) is 0 Å². The van der Waals surface area contributed by atoms with E-state index in [4.69, 9.17) is 0 Å². The molecule has 8 heteroatoms. The molecule has 0 aromatic heterocycles. The van der Waals surface area contributed by atoms with E-state index in [1.165, 1.54) is 13.8 Å². The lowest BCUT2D eigenvalue weighted by molar-refractivity contribution is -0.659. The summed E-state index contributed by atoms with van der Waals surface area (Å²) in [6.07, 6.45) is 3.57. The van der Waals surface area contributed by atoms with Crippen LogP contribution in [0.3, 0.4) is 0 Å². The molecule has 0 bridgehead atoms. The minimum Gasteiger partial charge on any atom is -0.295 e. The van der Waals surface area contributed by atoms with E-state index in [-0.39, 0.29) is 0 Å². The Balaban J connectivity index is 6.06. The maximum Gasteiger partial charge on any atom is 0.309 e. The minimum absolute atomic E-state index is 0.473. The van der Waals surface area contributed by atoms with E-state index in [2.05, 4.69) is 0 Å². The van der Waals surface area contributed by atoms with Gasteiger partial charge >= 0.3 is 11.1 Å². The largest absolute Gasteiger partial charge is 0.309 e. The van der Waals surface area contributed by atoms with Gasteiger partial charge in [0, 0.05) is 35.8 Å². The Hall–Kier alpha value is -2.38. The maximum atomic E-state index is 11.2. The van der Waals surface area contributed by atoms with Crippen LogP contribution in [0.15, 0.2) is 24.3 Å². The van der Waals surface area contributed by atoms with Crippen LogP contribution in [0, 0.1) is 20.2 Å². The first-order chi connectivity index (χ1) is 8.97. The Bertz CT molecular complexity index is 464. The van der Waals surface area contributed by atoms with Gasteiger partial charge in [-0.1, -0.05) is 0 Å². The number of carbonyl (C=O) groups excluding carboxylic acids is 2. The summed E-state index contributed by atoms with van der Waals surface area (Å²) in [4.78, 5) is 42.7. The predicted molar refractivity (Wildman–Crippen MR) is 70.4 cm³/mol. The molecule has 0 N–H and O–H groups in total. The first-order valence-corrected chi connectivity index (χ1v) is 5.66. The van der Waals surface area contributed by atoms with Crippen molar-refractivity contribution < 1.29 is 19.4 Å². The quantitative estimate of drug-likeness (QED) is 0.395. The van der Waals surface area contributed by atoms with E-state index >= 15 is 0 Å². The van der Waals surface area contributed by atoms with Gasteiger partial charge in [-0.05, 0) is 26.0 Å². The van der Waals surface area contributed by atoms with E-state index < -0.39 is 32.5 Å². The van der Waals surface area contributed by atoms with Crippen LogP contribution in [0.1, 0.15) is 27.7 Å². The highest BCUT2D eigenvalue weighted by atomic mass is 16.6. The summed E-state index contributed by atoms with van der Waals surface area (Å²) in [6, 6.07) is 0. The highest BCUT2D eigenvalue weighted by Crippen LogP contribution is 2.31. The number of rotatable bonds is 7. The molecule has 0 saturated heterocycles. The zero-order valence-corrected chi connectivity index (χ0v) is 11.7. The zero-order chi connectivity index (χ0) is 16.1. The Labute approximate surface area is 115 Å². The number of allylic oxidation sites excluding steroid dienone is 2. The van der Waals surface area contributed by atoms with Gasteiger partial charge in [-0.25, -0.2) is 0 Å². The molecule has 2 unspecified atom stereocenters. The number of hydrogen-bond acceptors (Lipinski definition) is 6. The number of carbonyl (C=O) groups is 2. The van der Waals surface area contributed by atoms with E-state index in [0.29, 0.717) is 0 Å². The first kappa shape index (κ1) is 17.6. The molecule has 0 rings (SSSR count). The number of ketones is 2. The van der Waals surface area contributed by atoms with Crippen LogP contribution in [0.2, 0.25) is 0 Å². The lowest BCUT2D eigenvalue weighted by atomic mass is 9.79. The van der Waals surface area contributed by atoms with Crippen molar-refractivity contribution in [2.45, 2.75) is 38.8 Å². The van der Waals surface area contributed by atoms with Crippen molar-refractivity contribution >= 4 is 11.6 Å². The zero-order valence-electron chi connectivity index (χ0n) is 11.7. The number of nitro groups is 2. The van der Waals surface area contributed by atoms with Crippen molar-refractivity contribution in [3.63, 3.8) is 0 Å². The lowest BCUT2D eigenvalue weighted by Gasteiger charge is -2.27. The summed E-state index contributed by atoms with van der Waals surface area (Å²) in [5.41, 5.74) is -4.35. The predicted octanol–water partition coefficient (Wildman–Crippen LogP) is 1.35. The third kappa shape index (κ3) is 3.56. The van der Waals surface area contributed by atoms with Crippen molar-refractivity contribution in [3.05, 3.63) is 44.5 Å². The van der Waals surface area contributed by atoms with E-state index in [1.54, 1.807) is 0 Å². The molecule has 0 amide bonds. The van der Waals surface area contributed by atoms with Gasteiger partial charge in [-0.3, -0.25) is 29.8 Å². The van der Waals surface area contributed by atoms with Gasteiger partial charge in [0.1, 0.15) is 0 Å². The Kier molecular flexibility index (Phi) is 5.44. The molecule has 0 radical (unpaired) electrons. The number of hydrogen-bond donors (Lipinski definition) is 0. The molecular formula is C12H16N2O6. The molecule has 8 nitrogen and oxygen atoms in total. The lowest BCUT2D eigenvalue weighted by Crippen LogP contribution is -2.57. The van der Waals surface area contributed by atoms with E-state index in [9.17, 15) is 29.8 Å². The minimum atomic E-state index is -2.17. The summed E-state index contributed by atoms with van der Waals surface area (Å²) >= 11 is 0. The summed E-state index contributed by atoms with van der Waals surface area (Å²) < 4.78 is 0. The van der Waals surface area contributed by atoms with Crippen molar-refractivity contribution in [1.82, 2.24) is 0 Å². The third-order valence-electron chi connectivity index (χ3n) is 3.07. The molecule has 0 heterocycles. The van der Waals surface area contributed by atoms with Gasteiger partial charge in [0.25, 0.3) is 0 Å². The molecule has 0 spiro atoms. The second-order valence-corrected chi connectivity index (χ2v) is 4.70. The second-order valence-electron chi connectivity index (χ2n) is 4.70. The van der Waals surface area contributed by atoms with Gasteiger partial charge in [0.15, 0.2) is 11.6 Å². The molecular weight excluding hydrogens is 268 g/mol. The average Bonchev–Trinajstić information content (AvgIpc) is 2.31. The number of nitrogens with zero attached hydrogens (tertiary/aromatic N) is 2. The fourth-order valence-corrected chi connectivity index (χ4v) is 1.39. The fourth-order valence-electron chi connectivity index (χ4n) is 1.39. The van der Waals surface area contributed by atoms with Gasteiger partial charge < -0.3 is 0 Å². The van der Waals surface area contributed by atoms with Crippen LogP contribution in [0.25, 0.3) is 0 Å². The SMILES string of the molecule is CC(=O)/C=C/C(C)([N+](=O)[O-])C(C)(/C=C/C(C)=O)[N+](=O)[O-]. The van der Waals surface area contributed by atoms with Gasteiger partial charge in [-0.15, -0.1) is 0 Å². The normalized spacial score (nSPS) is 17.6. The maximum absolute atomic E-state index is 11.2. The molecule has 0 aromatic rings. The summed E-state index contributed by atoms with van der Waals surface area (Å²) in [7, 11) is 0. The molecule has 0 fully saturated rings. The molecule has 20 heavy (non-hydrogen) atoms. The highest BCUT2D eigenvalue weighted by molar-refractivity contribution is 5.88. The van der Waals surface area contributed by atoms with Crippen LogP contribution >= 0.6 is 0 Å².